The van der Waals surface area contributed by atoms with Crippen molar-refractivity contribution >= 4 is 10.9 Å². The minimum absolute atomic E-state index is 0.135. The van der Waals surface area contributed by atoms with Crippen molar-refractivity contribution in [2.45, 2.75) is 13.5 Å². The first-order chi connectivity index (χ1) is 14.9. The number of aromatic nitrogens is 6. The molecule has 7 nitrogen and oxygen atoms in total. The topological polar surface area (TPSA) is 73.7 Å². The Labute approximate surface area is 178 Å². The molecule has 0 atom stereocenters. The van der Waals surface area contributed by atoms with Crippen LogP contribution < -0.4 is 0 Å². The first-order valence-corrected chi connectivity index (χ1v) is 9.86. The van der Waals surface area contributed by atoms with Gasteiger partial charge in [0.15, 0.2) is 0 Å². The molecule has 0 unspecified atom stereocenters. The molecule has 0 saturated heterocycles. The Hall–Kier alpha value is -3.94. The molecule has 5 rings (SSSR count). The lowest BCUT2D eigenvalue weighted by Crippen LogP contribution is -2.00. The van der Waals surface area contributed by atoms with Crippen LogP contribution in [-0.4, -0.2) is 34.2 Å². The number of hydrogen-bond donors (Lipinski definition) is 1. The lowest BCUT2D eigenvalue weighted by molar-refractivity contribution is 0.430. The van der Waals surface area contributed by atoms with Crippen LogP contribution in [0.3, 0.4) is 0 Å². The van der Waals surface area contributed by atoms with Crippen molar-refractivity contribution in [2.24, 2.45) is 14.1 Å². The number of aryl methyl sites for hydroxylation is 2. The Bertz CT molecular complexity index is 1410. The van der Waals surface area contributed by atoms with Gasteiger partial charge in [0.2, 0.25) is 5.88 Å². The first-order valence-electron chi connectivity index (χ1n) is 9.86. The highest BCUT2D eigenvalue weighted by Gasteiger charge is 2.20. The van der Waals surface area contributed by atoms with Crippen LogP contribution in [0.5, 0.6) is 5.88 Å². The molecule has 4 aromatic heterocycles. The standard InChI is InChI=1S/C23H21FN6O/c1-14-16(10-26-29(14)3)11-30-13-20-21(23(30)31)18(8-9-25-20)19-12-28(2)27-22(19)15-4-6-17(24)7-5-15/h4-10,12-13,31H,11H2,1-3H3. The third-order valence-corrected chi connectivity index (χ3v) is 5.67. The van der Waals surface area contributed by atoms with Gasteiger partial charge in [-0.2, -0.15) is 10.2 Å². The van der Waals surface area contributed by atoms with Gasteiger partial charge < -0.3 is 9.67 Å². The zero-order valence-electron chi connectivity index (χ0n) is 17.4. The summed E-state index contributed by atoms with van der Waals surface area (Å²) in [6.07, 6.45) is 7.27. The summed E-state index contributed by atoms with van der Waals surface area (Å²) in [6.45, 7) is 2.48. The molecule has 1 N–H and O–H groups in total. The van der Waals surface area contributed by atoms with Gasteiger partial charge in [-0.25, -0.2) is 4.39 Å². The van der Waals surface area contributed by atoms with Crippen LogP contribution in [-0.2, 0) is 20.6 Å². The van der Waals surface area contributed by atoms with E-state index in [4.69, 9.17) is 0 Å². The van der Waals surface area contributed by atoms with E-state index >= 15 is 0 Å². The maximum absolute atomic E-state index is 13.4. The third kappa shape index (κ3) is 3.16. The van der Waals surface area contributed by atoms with Crippen molar-refractivity contribution in [2.75, 3.05) is 0 Å². The third-order valence-electron chi connectivity index (χ3n) is 5.67. The van der Waals surface area contributed by atoms with Gasteiger partial charge in [0, 0.05) is 60.6 Å². The van der Waals surface area contributed by atoms with Crippen LogP contribution in [0.25, 0.3) is 33.3 Å². The summed E-state index contributed by atoms with van der Waals surface area (Å²) in [6, 6.07) is 8.11. The van der Waals surface area contributed by atoms with Crippen LogP contribution in [0.15, 0.2) is 55.1 Å². The predicted octanol–water partition coefficient (Wildman–Crippen LogP) is 4.04. The van der Waals surface area contributed by atoms with Gasteiger partial charge in [-0.1, -0.05) is 0 Å². The molecule has 0 amide bonds. The second-order valence-corrected chi connectivity index (χ2v) is 7.65. The maximum atomic E-state index is 13.4. The van der Waals surface area contributed by atoms with Crippen molar-refractivity contribution in [3.63, 3.8) is 0 Å². The Balaban J connectivity index is 1.66. The Morgan fingerprint density at radius 1 is 1.03 bits per heavy atom. The summed E-state index contributed by atoms with van der Waals surface area (Å²) in [5.41, 5.74) is 5.91. The smallest absolute Gasteiger partial charge is 0.201 e. The normalized spacial score (nSPS) is 11.5. The van der Waals surface area contributed by atoms with E-state index in [1.807, 2.05) is 50.4 Å². The summed E-state index contributed by atoms with van der Waals surface area (Å²) in [5, 5.41) is 20.6. The number of aromatic hydroxyl groups is 1. The summed E-state index contributed by atoms with van der Waals surface area (Å²) in [4.78, 5) is 4.46. The number of rotatable bonds is 4. The number of benzene rings is 1. The molecule has 0 spiro atoms. The number of fused-ring (bicyclic) bond motifs is 1. The second-order valence-electron chi connectivity index (χ2n) is 7.65. The predicted molar refractivity (Wildman–Crippen MR) is 116 cm³/mol. The molecule has 0 radical (unpaired) electrons. The summed E-state index contributed by atoms with van der Waals surface area (Å²) >= 11 is 0. The Morgan fingerprint density at radius 2 is 1.81 bits per heavy atom. The van der Waals surface area contributed by atoms with Gasteiger partial charge in [0.05, 0.1) is 23.6 Å². The van der Waals surface area contributed by atoms with Crippen molar-refractivity contribution in [1.82, 2.24) is 29.1 Å². The molecular formula is C23H21FN6O. The molecule has 31 heavy (non-hydrogen) atoms. The molecule has 8 heteroatoms. The van der Waals surface area contributed by atoms with Gasteiger partial charge in [-0.15, -0.1) is 0 Å². The molecule has 0 aliphatic carbocycles. The van der Waals surface area contributed by atoms with Crippen molar-refractivity contribution in [3.05, 3.63) is 72.2 Å². The van der Waals surface area contributed by atoms with Crippen molar-refractivity contribution in [3.8, 4) is 28.3 Å². The molecule has 0 aliphatic rings. The second kappa shape index (κ2) is 7.09. The van der Waals surface area contributed by atoms with Crippen LogP contribution >= 0.6 is 0 Å². The van der Waals surface area contributed by atoms with Crippen LogP contribution in [0.1, 0.15) is 11.3 Å². The zero-order valence-corrected chi connectivity index (χ0v) is 17.4. The molecular weight excluding hydrogens is 395 g/mol. The van der Waals surface area contributed by atoms with Crippen molar-refractivity contribution < 1.29 is 9.50 Å². The molecule has 0 bridgehead atoms. The molecule has 0 saturated carbocycles. The van der Waals surface area contributed by atoms with Gasteiger partial charge in [0.1, 0.15) is 11.5 Å². The number of hydrogen-bond acceptors (Lipinski definition) is 4. The molecule has 4 heterocycles. The number of nitrogens with zero attached hydrogens (tertiary/aromatic N) is 6. The molecule has 0 aliphatic heterocycles. The SMILES string of the molecule is Cc1c(Cn2cc3nccc(-c4cn(C)nc4-c4ccc(F)cc4)c3c2O)cnn1C. The van der Waals surface area contributed by atoms with Crippen molar-refractivity contribution in [1.29, 1.82) is 0 Å². The van der Waals surface area contributed by atoms with Crippen LogP contribution in [0, 0.1) is 12.7 Å². The quantitative estimate of drug-likeness (QED) is 0.480. The molecule has 0 fully saturated rings. The molecule has 156 valence electrons. The van der Waals surface area contributed by atoms with E-state index in [1.54, 1.807) is 27.6 Å². The lowest BCUT2D eigenvalue weighted by atomic mass is 10.00. The van der Waals surface area contributed by atoms with E-state index in [0.717, 1.165) is 27.9 Å². The van der Waals surface area contributed by atoms with Gasteiger partial charge in [0.25, 0.3) is 0 Å². The van der Waals surface area contributed by atoms with E-state index in [2.05, 4.69) is 15.2 Å². The summed E-state index contributed by atoms with van der Waals surface area (Å²) < 4.78 is 18.7. The Morgan fingerprint density at radius 3 is 2.52 bits per heavy atom. The van der Waals surface area contributed by atoms with E-state index in [9.17, 15) is 9.50 Å². The fourth-order valence-corrected chi connectivity index (χ4v) is 3.90. The van der Waals surface area contributed by atoms with E-state index in [0.29, 0.717) is 23.1 Å². The largest absolute Gasteiger partial charge is 0.494 e. The average molecular weight is 416 g/mol. The fraction of sp³-hybridized carbons (Fsp3) is 0.174. The highest BCUT2D eigenvalue weighted by molar-refractivity contribution is 6.01. The first kappa shape index (κ1) is 19.0. The highest BCUT2D eigenvalue weighted by Crippen LogP contribution is 2.39. The fourth-order valence-electron chi connectivity index (χ4n) is 3.90. The van der Waals surface area contributed by atoms with E-state index < -0.39 is 0 Å². The minimum Gasteiger partial charge on any atom is -0.494 e. The van der Waals surface area contributed by atoms with Crippen LogP contribution in [0.4, 0.5) is 4.39 Å². The lowest BCUT2D eigenvalue weighted by Gasteiger charge is -2.07. The molecule has 5 aromatic rings. The minimum atomic E-state index is -0.298. The highest BCUT2D eigenvalue weighted by atomic mass is 19.1. The number of halogens is 1. The zero-order chi connectivity index (χ0) is 21.7. The summed E-state index contributed by atoms with van der Waals surface area (Å²) in [7, 11) is 3.73. The maximum Gasteiger partial charge on any atom is 0.201 e. The molecule has 1 aromatic carbocycles. The van der Waals surface area contributed by atoms with Gasteiger partial charge in [-0.05, 0) is 37.3 Å². The van der Waals surface area contributed by atoms with E-state index in [1.165, 1.54) is 12.1 Å². The van der Waals surface area contributed by atoms with Gasteiger partial charge in [-0.3, -0.25) is 14.3 Å². The average Bonchev–Trinajstić information content (AvgIpc) is 3.40. The summed E-state index contributed by atoms with van der Waals surface area (Å²) in [5.74, 6) is -0.164. The monoisotopic (exact) mass is 416 g/mol. The number of pyridine rings is 1. The van der Waals surface area contributed by atoms with E-state index in [-0.39, 0.29) is 11.7 Å². The Kier molecular flexibility index (Phi) is 4.35. The van der Waals surface area contributed by atoms with Gasteiger partial charge >= 0.3 is 0 Å². The van der Waals surface area contributed by atoms with Crippen LogP contribution in [0.2, 0.25) is 0 Å².